The van der Waals surface area contributed by atoms with Crippen LogP contribution in [0.5, 0.6) is 0 Å². The smallest absolute Gasteiger partial charge is 0.416 e. The van der Waals surface area contributed by atoms with Gasteiger partial charge in [-0.05, 0) is 31.2 Å². The SMILES string of the molecule is CCCN(CC(=O)O)CC(=O)Nc1cc(C(F)(F)F)ccc1Cl. The van der Waals surface area contributed by atoms with E-state index in [1.54, 1.807) is 0 Å². The molecular weight excluding hydrogens is 337 g/mol. The molecule has 0 aliphatic rings. The van der Waals surface area contributed by atoms with Gasteiger partial charge in [0.05, 0.1) is 29.4 Å². The van der Waals surface area contributed by atoms with Crippen molar-refractivity contribution in [3.05, 3.63) is 28.8 Å². The second-order valence-corrected chi connectivity index (χ2v) is 5.25. The zero-order valence-electron chi connectivity index (χ0n) is 12.3. The number of hydrogen-bond donors (Lipinski definition) is 2. The maximum atomic E-state index is 12.7. The molecule has 1 aromatic carbocycles. The Labute approximate surface area is 136 Å². The van der Waals surface area contributed by atoms with Crippen molar-refractivity contribution in [1.29, 1.82) is 0 Å². The van der Waals surface area contributed by atoms with Crippen molar-refractivity contribution in [2.24, 2.45) is 0 Å². The maximum Gasteiger partial charge on any atom is 0.416 e. The molecule has 0 saturated carbocycles. The van der Waals surface area contributed by atoms with Gasteiger partial charge in [0.2, 0.25) is 5.91 Å². The summed E-state index contributed by atoms with van der Waals surface area (Å²) in [6, 6.07) is 2.59. The fraction of sp³-hybridized carbons (Fsp3) is 0.429. The highest BCUT2D eigenvalue weighted by atomic mass is 35.5. The summed E-state index contributed by atoms with van der Waals surface area (Å²) >= 11 is 5.78. The highest BCUT2D eigenvalue weighted by Gasteiger charge is 2.31. The number of anilines is 1. The lowest BCUT2D eigenvalue weighted by Crippen LogP contribution is -2.37. The average molecular weight is 353 g/mol. The van der Waals surface area contributed by atoms with Crippen LogP contribution < -0.4 is 5.32 Å². The summed E-state index contributed by atoms with van der Waals surface area (Å²) in [7, 11) is 0. The summed E-state index contributed by atoms with van der Waals surface area (Å²) < 4.78 is 38.0. The quantitative estimate of drug-likeness (QED) is 0.791. The minimum Gasteiger partial charge on any atom is -0.480 e. The molecule has 0 aromatic heterocycles. The summed E-state index contributed by atoms with van der Waals surface area (Å²) in [6.45, 7) is 1.59. The molecule has 0 aliphatic carbocycles. The molecule has 1 aromatic rings. The Morgan fingerprint density at radius 1 is 1.30 bits per heavy atom. The van der Waals surface area contributed by atoms with Crippen LogP contribution in [0.4, 0.5) is 18.9 Å². The van der Waals surface area contributed by atoms with E-state index in [4.69, 9.17) is 16.7 Å². The van der Waals surface area contributed by atoms with E-state index in [1.807, 2.05) is 6.92 Å². The Morgan fingerprint density at radius 2 is 1.96 bits per heavy atom. The van der Waals surface area contributed by atoms with Gasteiger partial charge in [0.1, 0.15) is 0 Å². The first-order chi connectivity index (χ1) is 10.6. The minimum atomic E-state index is -4.55. The third kappa shape index (κ3) is 6.45. The average Bonchev–Trinajstić information content (AvgIpc) is 2.39. The lowest BCUT2D eigenvalue weighted by atomic mass is 10.2. The summed E-state index contributed by atoms with van der Waals surface area (Å²) in [6.07, 6.45) is -3.92. The first-order valence-corrected chi connectivity index (χ1v) is 7.12. The lowest BCUT2D eigenvalue weighted by molar-refractivity contribution is -0.139. The largest absolute Gasteiger partial charge is 0.480 e. The van der Waals surface area contributed by atoms with Crippen molar-refractivity contribution in [1.82, 2.24) is 4.90 Å². The number of amides is 1. The van der Waals surface area contributed by atoms with E-state index in [0.29, 0.717) is 13.0 Å². The Balaban J connectivity index is 2.81. The number of nitrogens with one attached hydrogen (secondary N) is 1. The molecule has 2 N–H and O–H groups in total. The van der Waals surface area contributed by atoms with Crippen molar-refractivity contribution in [2.75, 3.05) is 25.0 Å². The zero-order chi connectivity index (χ0) is 17.6. The molecule has 0 bridgehead atoms. The molecule has 0 saturated heterocycles. The molecule has 23 heavy (non-hydrogen) atoms. The van der Waals surface area contributed by atoms with Crippen LogP contribution in [0.1, 0.15) is 18.9 Å². The second-order valence-electron chi connectivity index (χ2n) is 4.84. The summed E-state index contributed by atoms with van der Waals surface area (Å²) in [5.41, 5.74) is -1.11. The number of carboxylic acid groups (broad SMARTS) is 1. The van der Waals surface area contributed by atoms with Crippen molar-refractivity contribution in [3.63, 3.8) is 0 Å². The van der Waals surface area contributed by atoms with Gasteiger partial charge >= 0.3 is 12.1 Å². The zero-order valence-corrected chi connectivity index (χ0v) is 13.0. The van der Waals surface area contributed by atoms with Crippen LogP contribution in [0.3, 0.4) is 0 Å². The number of halogens is 4. The number of hydrogen-bond acceptors (Lipinski definition) is 3. The van der Waals surface area contributed by atoms with E-state index in [0.717, 1.165) is 18.2 Å². The number of nitrogens with zero attached hydrogens (tertiary/aromatic N) is 1. The fourth-order valence-electron chi connectivity index (χ4n) is 1.91. The first kappa shape index (κ1) is 19.2. The van der Waals surface area contributed by atoms with Gasteiger partial charge in [0.15, 0.2) is 0 Å². The van der Waals surface area contributed by atoms with E-state index in [1.165, 1.54) is 4.90 Å². The number of carboxylic acids is 1. The first-order valence-electron chi connectivity index (χ1n) is 6.74. The number of alkyl halides is 3. The van der Waals surface area contributed by atoms with E-state index in [9.17, 15) is 22.8 Å². The van der Waals surface area contributed by atoms with Gasteiger partial charge in [-0.3, -0.25) is 14.5 Å². The normalized spacial score (nSPS) is 11.6. The Bertz CT molecular complexity index is 579. The van der Waals surface area contributed by atoms with Gasteiger partial charge in [0, 0.05) is 0 Å². The molecule has 0 atom stereocenters. The molecule has 0 radical (unpaired) electrons. The molecule has 128 valence electrons. The number of aliphatic carboxylic acids is 1. The predicted molar refractivity (Wildman–Crippen MR) is 79.5 cm³/mol. The van der Waals surface area contributed by atoms with Gasteiger partial charge in [0.25, 0.3) is 0 Å². The van der Waals surface area contributed by atoms with E-state index in [2.05, 4.69) is 5.32 Å². The van der Waals surface area contributed by atoms with Gasteiger partial charge in [-0.2, -0.15) is 13.2 Å². The second kappa shape index (κ2) is 8.16. The van der Waals surface area contributed by atoms with Crippen LogP contribution in [-0.2, 0) is 15.8 Å². The van der Waals surface area contributed by atoms with E-state index >= 15 is 0 Å². The molecule has 5 nitrogen and oxygen atoms in total. The van der Waals surface area contributed by atoms with Crippen molar-refractivity contribution < 1.29 is 27.9 Å². The fourth-order valence-corrected chi connectivity index (χ4v) is 2.08. The molecule has 0 fully saturated rings. The molecule has 1 amide bonds. The van der Waals surface area contributed by atoms with E-state index < -0.39 is 23.6 Å². The molecule has 9 heteroatoms. The standard InChI is InChI=1S/C14H16ClF3N2O3/c1-2-5-20(8-13(22)23)7-12(21)19-11-6-9(14(16,17)18)3-4-10(11)15/h3-4,6H,2,5,7-8H2,1H3,(H,19,21)(H,22,23). The van der Waals surface area contributed by atoms with Gasteiger partial charge in [-0.15, -0.1) is 0 Å². The monoisotopic (exact) mass is 352 g/mol. The van der Waals surface area contributed by atoms with Crippen LogP contribution in [0, 0.1) is 0 Å². The predicted octanol–water partition coefficient (Wildman–Crippen LogP) is 3.09. The highest BCUT2D eigenvalue weighted by molar-refractivity contribution is 6.33. The molecule has 0 aliphatic heterocycles. The molecule has 1 rings (SSSR count). The Morgan fingerprint density at radius 3 is 2.48 bits per heavy atom. The summed E-state index contributed by atoms with van der Waals surface area (Å²) in [5, 5.41) is 11.0. The Kier molecular flexibility index (Phi) is 6.83. The third-order valence-corrected chi connectivity index (χ3v) is 3.16. The van der Waals surface area contributed by atoms with Crippen LogP contribution in [0.2, 0.25) is 5.02 Å². The van der Waals surface area contributed by atoms with Crippen LogP contribution in [-0.4, -0.2) is 41.5 Å². The third-order valence-electron chi connectivity index (χ3n) is 2.83. The number of benzene rings is 1. The maximum absolute atomic E-state index is 12.7. The van der Waals surface area contributed by atoms with Crippen LogP contribution in [0.25, 0.3) is 0 Å². The Hall–Kier alpha value is -1.80. The lowest BCUT2D eigenvalue weighted by Gasteiger charge is -2.19. The molecular formula is C14H16ClF3N2O3. The van der Waals surface area contributed by atoms with Gasteiger partial charge in [-0.25, -0.2) is 0 Å². The number of rotatable bonds is 7. The highest BCUT2D eigenvalue weighted by Crippen LogP contribution is 2.33. The van der Waals surface area contributed by atoms with E-state index in [-0.39, 0.29) is 23.8 Å². The summed E-state index contributed by atoms with van der Waals surface area (Å²) in [4.78, 5) is 24.0. The van der Waals surface area contributed by atoms with Crippen molar-refractivity contribution >= 4 is 29.2 Å². The molecule has 0 spiro atoms. The van der Waals surface area contributed by atoms with Crippen molar-refractivity contribution in [2.45, 2.75) is 19.5 Å². The van der Waals surface area contributed by atoms with Crippen molar-refractivity contribution in [3.8, 4) is 0 Å². The van der Waals surface area contributed by atoms with Crippen LogP contribution in [0.15, 0.2) is 18.2 Å². The number of carbonyl (C=O) groups excluding carboxylic acids is 1. The minimum absolute atomic E-state index is 0.0355. The van der Waals surface area contributed by atoms with Crippen LogP contribution >= 0.6 is 11.6 Å². The molecule has 0 unspecified atom stereocenters. The van der Waals surface area contributed by atoms with Gasteiger partial charge < -0.3 is 10.4 Å². The number of carbonyl (C=O) groups is 2. The molecule has 0 heterocycles. The van der Waals surface area contributed by atoms with Gasteiger partial charge in [-0.1, -0.05) is 18.5 Å². The summed E-state index contributed by atoms with van der Waals surface area (Å²) in [5.74, 6) is -1.73. The topological polar surface area (TPSA) is 69.6 Å².